The molecule has 1 amide bonds. The third-order valence-corrected chi connectivity index (χ3v) is 4.35. The Morgan fingerprint density at radius 3 is 2.26 bits per heavy atom. The van der Waals surface area contributed by atoms with Gasteiger partial charge in [-0.2, -0.15) is 0 Å². The number of benzene rings is 2. The van der Waals surface area contributed by atoms with Crippen molar-refractivity contribution in [2.24, 2.45) is 0 Å². The summed E-state index contributed by atoms with van der Waals surface area (Å²) in [6.45, 7) is 6.13. The molecule has 0 unspecified atom stereocenters. The number of nitro benzene ring substituents is 1. The summed E-state index contributed by atoms with van der Waals surface area (Å²) in [5, 5.41) is 11.1. The number of amides is 1. The van der Waals surface area contributed by atoms with Crippen LogP contribution in [0.15, 0.2) is 48.5 Å². The Morgan fingerprint density at radius 2 is 1.70 bits per heavy atom. The van der Waals surface area contributed by atoms with Crippen LogP contribution in [0.1, 0.15) is 41.4 Å². The number of esters is 1. The van der Waals surface area contributed by atoms with E-state index in [1.165, 1.54) is 25.1 Å². The maximum absolute atomic E-state index is 12.9. The average Bonchev–Trinajstić information content (AvgIpc) is 2.67. The van der Waals surface area contributed by atoms with E-state index in [-0.39, 0.29) is 22.7 Å². The third-order valence-electron chi connectivity index (χ3n) is 4.35. The summed E-state index contributed by atoms with van der Waals surface area (Å²) >= 11 is 0. The summed E-state index contributed by atoms with van der Waals surface area (Å²) in [6.07, 6.45) is -1.11. The molecule has 2 rings (SSSR count). The molecule has 27 heavy (non-hydrogen) atoms. The van der Waals surface area contributed by atoms with Gasteiger partial charge in [-0.05, 0) is 26.8 Å². The molecule has 0 heterocycles. The lowest BCUT2D eigenvalue weighted by molar-refractivity contribution is -0.385. The summed E-state index contributed by atoms with van der Waals surface area (Å²) in [5.74, 6) is -1.10. The number of hydrogen-bond acceptors (Lipinski definition) is 5. The van der Waals surface area contributed by atoms with E-state index in [1.807, 2.05) is 13.8 Å². The van der Waals surface area contributed by atoms with Crippen molar-refractivity contribution < 1.29 is 19.2 Å². The Morgan fingerprint density at radius 1 is 1.07 bits per heavy atom. The molecule has 0 radical (unpaired) electrons. The summed E-state index contributed by atoms with van der Waals surface area (Å²) in [7, 11) is 0. The molecule has 0 N–H and O–H groups in total. The fourth-order valence-corrected chi connectivity index (χ4v) is 2.80. The average molecular weight is 370 g/mol. The monoisotopic (exact) mass is 370 g/mol. The van der Waals surface area contributed by atoms with Gasteiger partial charge in [0, 0.05) is 30.3 Å². The highest BCUT2D eigenvalue weighted by Crippen LogP contribution is 2.26. The maximum atomic E-state index is 12.9. The van der Waals surface area contributed by atoms with Gasteiger partial charge in [-0.15, -0.1) is 0 Å². The number of nitro groups is 1. The molecule has 7 heteroatoms. The molecular formula is C20H22N2O5. The first-order valence-electron chi connectivity index (χ1n) is 8.69. The van der Waals surface area contributed by atoms with Gasteiger partial charge in [0.1, 0.15) is 0 Å². The second-order valence-electron chi connectivity index (χ2n) is 5.91. The van der Waals surface area contributed by atoms with Crippen LogP contribution in [0, 0.1) is 17.0 Å². The molecule has 2 aromatic rings. The molecule has 0 aliphatic carbocycles. The molecule has 142 valence electrons. The zero-order valence-electron chi connectivity index (χ0n) is 15.5. The van der Waals surface area contributed by atoms with Crippen LogP contribution >= 0.6 is 0 Å². The first-order chi connectivity index (χ1) is 12.9. The number of carbonyl (C=O) groups is 2. The van der Waals surface area contributed by atoms with Gasteiger partial charge in [-0.1, -0.05) is 36.4 Å². The lowest BCUT2D eigenvalue weighted by Crippen LogP contribution is -2.36. The summed E-state index contributed by atoms with van der Waals surface area (Å²) in [6, 6.07) is 12.9. The van der Waals surface area contributed by atoms with E-state index in [2.05, 4.69) is 0 Å². The van der Waals surface area contributed by atoms with E-state index in [9.17, 15) is 19.7 Å². The lowest BCUT2D eigenvalue weighted by atomic mass is 10.1. The van der Waals surface area contributed by atoms with Crippen LogP contribution in [0.5, 0.6) is 0 Å². The molecule has 0 aliphatic rings. The molecule has 0 bridgehead atoms. The Balaban J connectivity index is 2.38. The van der Waals surface area contributed by atoms with Gasteiger partial charge in [0.2, 0.25) is 6.10 Å². The van der Waals surface area contributed by atoms with Crippen LogP contribution in [-0.4, -0.2) is 34.8 Å². The van der Waals surface area contributed by atoms with E-state index < -0.39 is 17.0 Å². The van der Waals surface area contributed by atoms with Crippen LogP contribution in [0.3, 0.4) is 0 Å². The number of rotatable bonds is 7. The van der Waals surface area contributed by atoms with Gasteiger partial charge >= 0.3 is 5.97 Å². The van der Waals surface area contributed by atoms with Crippen molar-refractivity contribution >= 4 is 17.6 Å². The zero-order chi connectivity index (χ0) is 20.0. The minimum Gasteiger partial charge on any atom is -0.444 e. The van der Waals surface area contributed by atoms with Crippen LogP contribution in [0.25, 0.3) is 0 Å². The molecule has 0 saturated carbocycles. The van der Waals surface area contributed by atoms with E-state index >= 15 is 0 Å². The lowest BCUT2D eigenvalue weighted by Gasteiger charge is -2.25. The molecule has 0 fully saturated rings. The molecular weight excluding hydrogens is 348 g/mol. The normalized spacial score (nSPS) is 11.5. The summed E-state index contributed by atoms with van der Waals surface area (Å²) in [4.78, 5) is 37.7. The van der Waals surface area contributed by atoms with E-state index in [1.54, 1.807) is 35.2 Å². The fourth-order valence-electron chi connectivity index (χ4n) is 2.80. The molecule has 0 aromatic heterocycles. The van der Waals surface area contributed by atoms with Crippen molar-refractivity contribution in [3.8, 4) is 0 Å². The number of carbonyl (C=O) groups excluding carboxylic acids is 2. The number of likely N-dealkylation sites (N-methyl/N-ethyl adjacent to an activating group) is 1. The quantitative estimate of drug-likeness (QED) is 0.421. The minimum atomic E-state index is -1.11. The highest BCUT2D eigenvalue weighted by molar-refractivity contribution is 5.94. The Bertz CT molecular complexity index is 832. The van der Waals surface area contributed by atoms with Crippen molar-refractivity contribution in [1.82, 2.24) is 4.90 Å². The van der Waals surface area contributed by atoms with Crippen LogP contribution < -0.4 is 0 Å². The highest BCUT2D eigenvalue weighted by atomic mass is 16.6. The van der Waals surface area contributed by atoms with Gasteiger partial charge in [-0.3, -0.25) is 14.9 Å². The molecule has 1 atom stereocenters. The predicted octanol–water partition coefficient (Wildman–Crippen LogP) is 3.67. The van der Waals surface area contributed by atoms with Crippen molar-refractivity contribution in [2.45, 2.75) is 26.9 Å². The molecule has 7 nitrogen and oxygen atoms in total. The first-order valence-corrected chi connectivity index (χ1v) is 8.69. The SMILES string of the molecule is CCN(CC)C(=O)[C@H](OC(=O)c1cccc([N+](=O)[O-])c1C)c1ccccc1. The van der Waals surface area contributed by atoms with E-state index in [4.69, 9.17) is 4.74 Å². The molecule has 0 spiro atoms. The molecule has 2 aromatic carbocycles. The second-order valence-corrected chi connectivity index (χ2v) is 5.91. The second kappa shape index (κ2) is 8.93. The molecule has 0 aliphatic heterocycles. The van der Waals surface area contributed by atoms with Crippen molar-refractivity contribution in [2.75, 3.05) is 13.1 Å². The number of nitrogens with zero attached hydrogens (tertiary/aromatic N) is 2. The van der Waals surface area contributed by atoms with E-state index in [0.717, 1.165) is 0 Å². The number of ether oxygens (including phenoxy) is 1. The largest absolute Gasteiger partial charge is 0.444 e. The van der Waals surface area contributed by atoms with Gasteiger partial charge in [0.15, 0.2) is 0 Å². The van der Waals surface area contributed by atoms with E-state index in [0.29, 0.717) is 18.7 Å². The van der Waals surface area contributed by atoms with Crippen LogP contribution in [0.2, 0.25) is 0 Å². The number of hydrogen-bond donors (Lipinski definition) is 0. The topological polar surface area (TPSA) is 89.8 Å². The minimum absolute atomic E-state index is 0.0671. The Kier molecular flexibility index (Phi) is 6.65. The molecule has 0 saturated heterocycles. The smallest absolute Gasteiger partial charge is 0.339 e. The van der Waals surface area contributed by atoms with Gasteiger partial charge in [0.05, 0.1) is 10.5 Å². The van der Waals surface area contributed by atoms with Gasteiger partial charge in [0.25, 0.3) is 11.6 Å². The third kappa shape index (κ3) is 4.49. The standard InChI is InChI=1S/C20H22N2O5/c1-4-21(5-2)19(23)18(15-10-7-6-8-11-15)27-20(24)16-12-9-13-17(14(16)3)22(25)26/h6-13,18H,4-5H2,1-3H3/t18-/m1/s1. The summed E-state index contributed by atoms with van der Waals surface area (Å²) in [5.41, 5.74) is 0.647. The zero-order valence-corrected chi connectivity index (χ0v) is 15.5. The Labute approximate surface area is 157 Å². The van der Waals surface area contributed by atoms with Crippen LogP contribution in [0.4, 0.5) is 5.69 Å². The predicted molar refractivity (Wildman–Crippen MR) is 100 cm³/mol. The maximum Gasteiger partial charge on any atom is 0.339 e. The van der Waals surface area contributed by atoms with Crippen molar-refractivity contribution in [3.63, 3.8) is 0 Å². The van der Waals surface area contributed by atoms with Crippen molar-refractivity contribution in [3.05, 3.63) is 75.3 Å². The van der Waals surface area contributed by atoms with Gasteiger partial charge in [-0.25, -0.2) is 4.79 Å². The first kappa shape index (κ1) is 20.1. The van der Waals surface area contributed by atoms with Crippen molar-refractivity contribution in [1.29, 1.82) is 0 Å². The van der Waals surface area contributed by atoms with Crippen LogP contribution in [-0.2, 0) is 9.53 Å². The summed E-state index contributed by atoms with van der Waals surface area (Å²) < 4.78 is 5.53. The Hall–Kier alpha value is -3.22. The highest BCUT2D eigenvalue weighted by Gasteiger charge is 2.30. The fraction of sp³-hybridized carbons (Fsp3) is 0.300. The van der Waals surface area contributed by atoms with Gasteiger partial charge < -0.3 is 9.64 Å².